The third-order valence-corrected chi connectivity index (χ3v) is 2.84. The normalized spacial score (nSPS) is 12.1. The molecule has 0 heterocycles. The van der Waals surface area contributed by atoms with Crippen LogP contribution in [0.2, 0.25) is 0 Å². The Kier molecular flexibility index (Phi) is 4.37. The number of hydrogen-bond donors (Lipinski definition) is 2. The van der Waals surface area contributed by atoms with E-state index >= 15 is 0 Å². The van der Waals surface area contributed by atoms with Crippen LogP contribution in [0.1, 0.15) is 18.1 Å². The molecule has 18 heavy (non-hydrogen) atoms. The van der Waals surface area contributed by atoms with E-state index in [0.717, 1.165) is 12.1 Å². The number of aliphatic hydroxyl groups excluding tert-OH is 1. The second-order valence-corrected chi connectivity index (χ2v) is 4.55. The highest BCUT2D eigenvalue weighted by atomic mass is 16.3. The summed E-state index contributed by atoms with van der Waals surface area (Å²) >= 11 is 0. The Morgan fingerprint density at radius 2 is 1.67 bits per heavy atom. The van der Waals surface area contributed by atoms with Crippen molar-refractivity contribution in [3.63, 3.8) is 0 Å². The zero-order chi connectivity index (χ0) is 12.8. The van der Waals surface area contributed by atoms with E-state index in [0.29, 0.717) is 6.54 Å². The Labute approximate surface area is 108 Å². The summed E-state index contributed by atoms with van der Waals surface area (Å²) in [5.41, 5.74) is 3.65. The lowest BCUT2D eigenvalue weighted by atomic mass is 10.0. The zero-order valence-corrected chi connectivity index (χ0v) is 10.6. The molecule has 2 heteroatoms. The molecule has 2 N–H and O–H groups in total. The van der Waals surface area contributed by atoms with Crippen LogP contribution in [0.15, 0.2) is 54.6 Å². The predicted molar refractivity (Wildman–Crippen MR) is 75.9 cm³/mol. The van der Waals surface area contributed by atoms with Crippen LogP contribution in [0.25, 0.3) is 0 Å². The van der Waals surface area contributed by atoms with Crippen LogP contribution in [0.3, 0.4) is 0 Å². The molecule has 0 aliphatic carbocycles. The van der Waals surface area contributed by atoms with E-state index in [2.05, 4.69) is 41.7 Å². The van der Waals surface area contributed by atoms with Gasteiger partial charge in [0.15, 0.2) is 0 Å². The molecule has 0 fully saturated rings. The van der Waals surface area contributed by atoms with Gasteiger partial charge >= 0.3 is 0 Å². The lowest BCUT2D eigenvalue weighted by Crippen LogP contribution is -2.16. The van der Waals surface area contributed by atoms with E-state index in [4.69, 9.17) is 0 Å². The van der Waals surface area contributed by atoms with Crippen LogP contribution in [-0.4, -0.2) is 17.8 Å². The first-order chi connectivity index (χ1) is 8.75. The number of benzene rings is 2. The average Bonchev–Trinajstić information content (AvgIpc) is 2.39. The topological polar surface area (TPSA) is 32.3 Å². The van der Waals surface area contributed by atoms with Gasteiger partial charge in [0, 0.05) is 12.2 Å². The standard InChI is InChI=1S/C16H19NO/c1-13(18)12-17-16-10-6-5-9-15(16)11-14-7-3-2-4-8-14/h2-10,13,17-18H,11-12H2,1H3/t13-/m1/s1. The Morgan fingerprint density at radius 1 is 1.00 bits per heavy atom. The summed E-state index contributed by atoms with van der Waals surface area (Å²) in [6.45, 7) is 2.36. The van der Waals surface area contributed by atoms with Crippen LogP contribution in [-0.2, 0) is 6.42 Å². The smallest absolute Gasteiger partial charge is 0.0684 e. The van der Waals surface area contributed by atoms with Crippen LogP contribution < -0.4 is 5.32 Å². The van der Waals surface area contributed by atoms with E-state index in [9.17, 15) is 5.11 Å². The Morgan fingerprint density at radius 3 is 2.39 bits per heavy atom. The van der Waals surface area contributed by atoms with Crippen molar-refractivity contribution in [3.8, 4) is 0 Å². The molecule has 2 rings (SSSR count). The molecule has 0 spiro atoms. The predicted octanol–water partition coefficient (Wildman–Crippen LogP) is 3.07. The second-order valence-electron chi connectivity index (χ2n) is 4.55. The van der Waals surface area contributed by atoms with Crippen molar-refractivity contribution in [2.75, 3.05) is 11.9 Å². The van der Waals surface area contributed by atoms with Crippen LogP contribution >= 0.6 is 0 Å². The van der Waals surface area contributed by atoms with Gasteiger partial charge in [-0.25, -0.2) is 0 Å². The molecule has 0 aromatic heterocycles. The van der Waals surface area contributed by atoms with Gasteiger partial charge in [-0.3, -0.25) is 0 Å². The fourth-order valence-electron chi connectivity index (χ4n) is 1.92. The number of nitrogens with one attached hydrogen (secondary N) is 1. The molecule has 0 unspecified atom stereocenters. The molecule has 0 bridgehead atoms. The molecule has 2 nitrogen and oxygen atoms in total. The fourth-order valence-corrected chi connectivity index (χ4v) is 1.92. The minimum absolute atomic E-state index is 0.338. The van der Waals surface area contributed by atoms with Crippen molar-refractivity contribution in [2.24, 2.45) is 0 Å². The summed E-state index contributed by atoms with van der Waals surface area (Å²) in [6, 6.07) is 18.6. The molecule has 0 radical (unpaired) electrons. The number of aliphatic hydroxyl groups is 1. The van der Waals surface area contributed by atoms with E-state index < -0.39 is 0 Å². The molecule has 0 aliphatic rings. The molecule has 0 amide bonds. The molecule has 0 saturated carbocycles. The first-order valence-electron chi connectivity index (χ1n) is 6.29. The largest absolute Gasteiger partial charge is 0.392 e. The van der Waals surface area contributed by atoms with Gasteiger partial charge in [-0.2, -0.15) is 0 Å². The maximum Gasteiger partial charge on any atom is 0.0684 e. The van der Waals surface area contributed by atoms with Gasteiger partial charge in [0.1, 0.15) is 0 Å². The zero-order valence-electron chi connectivity index (χ0n) is 10.6. The van der Waals surface area contributed by atoms with Gasteiger partial charge in [-0.15, -0.1) is 0 Å². The van der Waals surface area contributed by atoms with Crippen molar-refractivity contribution >= 4 is 5.69 Å². The van der Waals surface area contributed by atoms with Gasteiger partial charge < -0.3 is 10.4 Å². The van der Waals surface area contributed by atoms with Gasteiger partial charge in [0.25, 0.3) is 0 Å². The summed E-state index contributed by atoms with van der Waals surface area (Å²) in [4.78, 5) is 0. The van der Waals surface area contributed by atoms with E-state index in [1.807, 2.05) is 18.2 Å². The first kappa shape index (κ1) is 12.7. The summed E-state index contributed by atoms with van der Waals surface area (Å²) in [7, 11) is 0. The molecule has 0 aliphatic heterocycles. The fraction of sp³-hybridized carbons (Fsp3) is 0.250. The van der Waals surface area contributed by atoms with Crippen molar-refractivity contribution < 1.29 is 5.11 Å². The van der Waals surface area contributed by atoms with Crippen molar-refractivity contribution in [2.45, 2.75) is 19.4 Å². The van der Waals surface area contributed by atoms with Crippen molar-refractivity contribution in [1.29, 1.82) is 0 Å². The average molecular weight is 241 g/mol. The lowest BCUT2D eigenvalue weighted by molar-refractivity contribution is 0.208. The highest BCUT2D eigenvalue weighted by Crippen LogP contribution is 2.18. The van der Waals surface area contributed by atoms with E-state index in [-0.39, 0.29) is 6.10 Å². The highest BCUT2D eigenvalue weighted by Gasteiger charge is 2.03. The van der Waals surface area contributed by atoms with Gasteiger partial charge in [-0.1, -0.05) is 48.5 Å². The van der Waals surface area contributed by atoms with Crippen molar-refractivity contribution in [3.05, 3.63) is 65.7 Å². The van der Waals surface area contributed by atoms with Gasteiger partial charge in [0.2, 0.25) is 0 Å². The third kappa shape index (κ3) is 3.60. The molecular weight excluding hydrogens is 222 g/mol. The molecular formula is C16H19NO. The second kappa shape index (κ2) is 6.22. The Balaban J connectivity index is 2.12. The Bertz CT molecular complexity index is 479. The number of rotatable bonds is 5. The summed E-state index contributed by atoms with van der Waals surface area (Å²) in [6.07, 6.45) is 0.568. The van der Waals surface area contributed by atoms with Gasteiger partial charge in [0.05, 0.1) is 6.10 Å². The molecule has 0 saturated heterocycles. The molecule has 1 atom stereocenters. The quantitative estimate of drug-likeness (QED) is 0.843. The number of para-hydroxylation sites is 1. The Hall–Kier alpha value is -1.80. The lowest BCUT2D eigenvalue weighted by Gasteiger charge is -2.13. The third-order valence-electron chi connectivity index (χ3n) is 2.84. The minimum Gasteiger partial charge on any atom is -0.392 e. The van der Waals surface area contributed by atoms with E-state index in [1.165, 1.54) is 11.1 Å². The minimum atomic E-state index is -0.338. The van der Waals surface area contributed by atoms with Crippen LogP contribution in [0, 0.1) is 0 Å². The first-order valence-corrected chi connectivity index (χ1v) is 6.29. The molecule has 2 aromatic rings. The van der Waals surface area contributed by atoms with Crippen LogP contribution in [0.4, 0.5) is 5.69 Å². The number of anilines is 1. The highest BCUT2D eigenvalue weighted by molar-refractivity contribution is 5.52. The summed E-state index contributed by atoms with van der Waals surface area (Å²) in [5.74, 6) is 0. The van der Waals surface area contributed by atoms with Crippen LogP contribution in [0.5, 0.6) is 0 Å². The van der Waals surface area contributed by atoms with Crippen molar-refractivity contribution in [1.82, 2.24) is 0 Å². The maximum absolute atomic E-state index is 9.33. The molecule has 94 valence electrons. The van der Waals surface area contributed by atoms with E-state index in [1.54, 1.807) is 6.92 Å². The summed E-state index contributed by atoms with van der Waals surface area (Å²) < 4.78 is 0. The maximum atomic E-state index is 9.33. The summed E-state index contributed by atoms with van der Waals surface area (Å²) in [5, 5.41) is 12.6. The van der Waals surface area contributed by atoms with Gasteiger partial charge in [-0.05, 0) is 30.5 Å². The molecule has 2 aromatic carbocycles. The monoisotopic (exact) mass is 241 g/mol. The SMILES string of the molecule is C[C@@H](O)CNc1ccccc1Cc1ccccc1. The number of hydrogen-bond acceptors (Lipinski definition) is 2.